The van der Waals surface area contributed by atoms with E-state index in [1.54, 1.807) is 20.8 Å². The van der Waals surface area contributed by atoms with Crippen LogP contribution in [-0.2, 0) is 4.79 Å². The number of rotatable bonds is 7. The quantitative estimate of drug-likeness (QED) is 0.190. The summed E-state index contributed by atoms with van der Waals surface area (Å²) in [5, 5.41) is 8.21. The molecule has 0 aliphatic heterocycles. The molecule has 3 rings (SSSR count). The van der Waals surface area contributed by atoms with Crippen LogP contribution in [0.3, 0.4) is 0 Å². The minimum Gasteiger partial charge on any atom is -0.453 e. The van der Waals surface area contributed by atoms with Crippen molar-refractivity contribution in [2.45, 2.75) is 27.2 Å². The van der Waals surface area contributed by atoms with E-state index in [2.05, 4.69) is 20.7 Å². The van der Waals surface area contributed by atoms with E-state index in [0.717, 1.165) is 12.1 Å². The molecular formula is C23H22F3N5O3. The van der Waals surface area contributed by atoms with Gasteiger partial charge in [0.25, 0.3) is 0 Å². The Labute approximate surface area is 192 Å². The summed E-state index contributed by atoms with van der Waals surface area (Å²) in [5.74, 6) is -3.39. The minimum absolute atomic E-state index is 0.0627. The maximum atomic E-state index is 14.6. The molecule has 1 amide bonds. The zero-order valence-corrected chi connectivity index (χ0v) is 18.7. The van der Waals surface area contributed by atoms with Gasteiger partial charge in [0.1, 0.15) is 17.4 Å². The van der Waals surface area contributed by atoms with E-state index in [1.807, 2.05) is 0 Å². The molecule has 0 fully saturated rings. The highest BCUT2D eigenvalue weighted by molar-refractivity contribution is 5.95. The lowest BCUT2D eigenvalue weighted by molar-refractivity contribution is -0.123. The number of fused-ring (bicyclic) bond motifs is 1. The van der Waals surface area contributed by atoms with E-state index >= 15 is 0 Å². The van der Waals surface area contributed by atoms with Gasteiger partial charge in [0.05, 0.1) is 16.8 Å². The number of halogens is 3. The Morgan fingerprint density at radius 2 is 1.85 bits per heavy atom. The molecule has 1 aromatic heterocycles. The fraction of sp³-hybridized carbons (Fsp3) is 0.304. The van der Waals surface area contributed by atoms with Crippen molar-refractivity contribution in [3.8, 4) is 11.3 Å². The van der Waals surface area contributed by atoms with Gasteiger partial charge in [0, 0.05) is 41.1 Å². The van der Waals surface area contributed by atoms with Gasteiger partial charge in [0.15, 0.2) is 16.8 Å². The Morgan fingerprint density at radius 3 is 2.50 bits per heavy atom. The van der Waals surface area contributed by atoms with Gasteiger partial charge in [-0.1, -0.05) is 25.9 Å². The van der Waals surface area contributed by atoms with Crippen LogP contribution in [0.25, 0.3) is 32.7 Å². The van der Waals surface area contributed by atoms with Crippen LogP contribution in [0.5, 0.6) is 0 Å². The predicted octanol–water partition coefficient (Wildman–Crippen LogP) is 5.97. The third-order valence-electron chi connectivity index (χ3n) is 4.89. The molecule has 0 atom stereocenters. The lowest BCUT2D eigenvalue weighted by atomic mass is 9.95. The maximum absolute atomic E-state index is 14.6. The van der Waals surface area contributed by atoms with Crippen LogP contribution < -0.4 is 16.1 Å². The lowest BCUT2D eigenvalue weighted by Crippen LogP contribution is -2.28. The summed E-state index contributed by atoms with van der Waals surface area (Å²) < 4.78 is 49.1. The summed E-state index contributed by atoms with van der Waals surface area (Å²) in [6, 6.07) is 5.34. The van der Waals surface area contributed by atoms with Crippen LogP contribution in [0.1, 0.15) is 27.2 Å². The van der Waals surface area contributed by atoms with Crippen molar-refractivity contribution in [2.75, 3.05) is 23.7 Å². The molecule has 0 spiro atoms. The molecule has 0 unspecified atom stereocenters. The highest BCUT2D eigenvalue weighted by Gasteiger charge is 2.23. The molecule has 178 valence electrons. The predicted molar refractivity (Wildman–Crippen MR) is 123 cm³/mol. The first-order valence-electron chi connectivity index (χ1n) is 10.3. The van der Waals surface area contributed by atoms with Gasteiger partial charge in [-0.15, -0.1) is 0 Å². The van der Waals surface area contributed by atoms with Gasteiger partial charge >= 0.3 is 0 Å². The number of hydrogen-bond acceptors (Lipinski definition) is 5. The largest absolute Gasteiger partial charge is 0.453 e. The zero-order valence-electron chi connectivity index (χ0n) is 18.7. The maximum Gasteiger partial charge on any atom is 0.229 e. The Bertz CT molecular complexity index is 1360. The summed E-state index contributed by atoms with van der Waals surface area (Å²) in [4.78, 5) is 27.5. The van der Waals surface area contributed by atoms with E-state index in [4.69, 9.17) is 9.95 Å². The Balaban J connectivity index is 1.99. The zero-order chi connectivity index (χ0) is 25.0. The van der Waals surface area contributed by atoms with E-state index in [1.165, 1.54) is 12.1 Å². The topological polar surface area (TPSA) is 120 Å². The highest BCUT2D eigenvalue weighted by Crippen LogP contribution is 2.31. The molecule has 0 aliphatic carbocycles. The van der Waals surface area contributed by atoms with Crippen LogP contribution >= 0.6 is 0 Å². The molecule has 0 radical (unpaired) electrons. The number of hydrogen-bond donors (Lipinski definition) is 2. The van der Waals surface area contributed by atoms with Gasteiger partial charge in [0.2, 0.25) is 5.91 Å². The Morgan fingerprint density at radius 1 is 1.12 bits per heavy atom. The second kappa shape index (κ2) is 9.88. The minimum atomic E-state index is -1.10. The summed E-state index contributed by atoms with van der Waals surface area (Å²) in [6.45, 7) is 5.35. The number of anilines is 2. The molecular weight excluding hydrogens is 451 g/mol. The molecule has 1 heterocycles. The van der Waals surface area contributed by atoms with Crippen LogP contribution in [0, 0.1) is 22.9 Å². The summed E-state index contributed by atoms with van der Waals surface area (Å²) >= 11 is 0. The first kappa shape index (κ1) is 24.7. The van der Waals surface area contributed by atoms with Gasteiger partial charge in [-0.25, -0.2) is 13.2 Å². The van der Waals surface area contributed by atoms with Crippen LogP contribution in [-0.4, -0.2) is 19.0 Å². The normalized spacial score (nSPS) is 11.2. The SMILES string of the molecule is CC(C)(C)C(=O)Nc1ccc(-c2cc(=O)c3c(NCCCN=[N+]=[N-])c(F)cc(F)c3o2)cc1F. The smallest absolute Gasteiger partial charge is 0.229 e. The molecule has 3 aromatic rings. The average Bonchev–Trinajstić information content (AvgIpc) is 2.76. The number of amides is 1. The van der Waals surface area contributed by atoms with Crippen molar-refractivity contribution in [1.82, 2.24) is 0 Å². The molecule has 0 saturated carbocycles. The molecule has 2 N–H and O–H groups in total. The van der Waals surface area contributed by atoms with E-state index in [0.29, 0.717) is 12.5 Å². The van der Waals surface area contributed by atoms with Crippen LogP contribution in [0.15, 0.2) is 44.7 Å². The van der Waals surface area contributed by atoms with Crippen molar-refractivity contribution >= 4 is 28.3 Å². The molecule has 2 aromatic carbocycles. The van der Waals surface area contributed by atoms with Crippen LogP contribution in [0.2, 0.25) is 0 Å². The van der Waals surface area contributed by atoms with Crippen molar-refractivity contribution in [3.05, 3.63) is 68.4 Å². The highest BCUT2D eigenvalue weighted by atomic mass is 19.1. The standard InChI is InChI=1S/C23H22F3N5O3/c1-23(2,3)22(33)30-16-6-5-12(9-13(16)24)18-11-17(32)19-20(28-7-4-8-29-31-27)14(25)10-15(26)21(19)34-18/h5-6,9-11,28H,4,7-8H2,1-3H3,(H,30,33). The fourth-order valence-electron chi connectivity index (χ4n) is 3.07. The number of carbonyl (C=O) groups is 1. The van der Waals surface area contributed by atoms with Gasteiger partial charge in [-0.05, 0) is 30.2 Å². The summed E-state index contributed by atoms with van der Waals surface area (Å²) in [5.41, 5.74) is 6.14. The molecule has 8 nitrogen and oxygen atoms in total. The van der Waals surface area contributed by atoms with E-state index < -0.39 is 33.9 Å². The number of nitrogens with one attached hydrogen (secondary N) is 2. The molecule has 0 saturated heterocycles. The molecule has 34 heavy (non-hydrogen) atoms. The fourth-order valence-corrected chi connectivity index (χ4v) is 3.07. The first-order chi connectivity index (χ1) is 16.0. The first-order valence-corrected chi connectivity index (χ1v) is 10.3. The van der Waals surface area contributed by atoms with E-state index in [9.17, 15) is 22.8 Å². The number of benzene rings is 2. The van der Waals surface area contributed by atoms with Gasteiger partial charge in [-0.3, -0.25) is 9.59 Å². The van der Waals surface area contributed by atoms with Gasteiger partial charge < -0.3 is 15.1 Å². The van der Waals surface area contributed by atoms with Crippen LogP contribution in [0.4, 0.5) is 24.5 Å². The monoisotopic (exact) mass is 473 g/mol. The molecule has 11 heteroatoms. The number of nitrogens with zero attached hydrogens (tertiary/aromatic N) is 3. The van der Waals surface area contributed by atoms with Crippen molar-refractivity contribution in [3.63, 3.8) is 0 Å². The van der Waals surface area contributed by atoms with Gasteiger partial charge in [-0.2, -0.15) is 0 Å². The van der Waals surface area contributed by atoms with Crippen molar-refractivity contribution in [2.24, 2.45) is 10.5 Å². The third kappa shape index (κ3) is 5.32. The van der Waals surface area contributed by atoms with Crippen molar-refractivity contribution in [1.29, 1.82) is 0 Å². The number of azide groups is 1. The Kier molecular flexibility index (Phi) is 7.17. The lowest BCUT2D eigenvalue weighted by Gasteiger charge is -2.18. The second-order valence-electron chi connectivity index (χ2n) is 8.53. The van der Waals surface area contributed by atoms with Crippen molar-refractivity contribution < 1.29 is 22.4 Å². The average molecular weight is 473 g/mol. The second-order valence-corrected chi connectivity index (χ2v) is 8.53. The molecule has 0 bridgehead atoms. The third-order valence-corrected chi connectivity index (χ3v) is 4.89. The van der Waals surface area contributed by atoms with E-state index in [-0.39, 0.29) is 47.1 Å². The number of carbonyl (C=O) groups excluding carboxylic acids is 1. The molecule has 0 aliphatic rings. The summed E-state index contributed by atoms with van der Waals surface area (Å²) in [7, 11) is 0. The Hall–Kier alpha value is -3.98. The summed E-state index contributed by atoms with van der Waals surface area (Å²) in [6.07, 6.45) is 0.350.